The number of hydrogen-bond acceptors (Lipinski definition) is 2. The summed E-state index contributed by atoms with van der Waals surface area (Å²) in [6.07, 6.45) is 5.59. The van der Waals surface area contributed by atoms with Crippen molar-refractivity contribution in [3.05, 3.63) is 42.0 Å². The lowest BCUT2D eigenvalue weighted by Crippen LogP contribution is -2.25. The first-order valence-electron chi connectivity index (χ1n) is 5.57. The number of carbonyl (C=O) groups excluding carboxylic acids is 1. The van der Waals surface area contributed by atoms with Crippen LogP contribution in [0.25, 0.3) is 6.08 Å². The summed E-state index contributed by atoms with van der Waals surface area (Å²) in [6, 6.07) is 9.26. The summed E-state index contributed by atoms with van der Waals surface area (Å²) in [7, 11) is 0. The van der Waals surface area contributed by atoms with Crippen molar-refractivity contribution >= 4 is 17.8 Å². The topological polar surface area (TPSA) is 67.5 Å². The number of nitrogens with zero attached hydrogens (tertiary/aromatic N) is 1. The van der Waals surface area contributed by atoms with Crippen LogP contribution in [0.3, 0.4) is 0 Å². The summed E-state index contributed by atoms with van der Waals surface area (Å²) in [5.41, 5.74) is 9.10. The Balaban J connectivity index is 2.69. The van der Waals surface area contributed by atoms with E-state index in [2.05, 4.69) is 17.5 Å². The molecule has 0 bridgehead atoms. The molecule has 0 aliphatic rings. The molecule has 4 nitrogen and oxygen atoms in total. The van der Waals surface area contributed by atoms with Gasteiger partial charge in [0, 0.05) is 0 Å². The van der Waals surface area contributed by atoms with Gasteiger partial charge in [0.15, 0.2) is 0 Å². The van der Waals surface area contributed by atoms with Gasteiger partial charge in [0.05, 0.1) is 5.71 Å². The number of carbonyl (C=O) groups is 1. The number of amides is 2. The number of benzene rings is 1. The van der Waals surface area contributed by atoms with Crippen LogP contribution in [0.15, 0.2) is 41.5 Å². The van der Waals surface area contributed by atoms with Gasteiger partial charge in [0.25, 0.3) is 0 Å². The molecule has 1 aromatic rings. The number of nitrogens with one attached hydrogen (secondary N) is 1. The third-order valence-corrected chi connectivity index (χ3v) is 2.08. The fraction of sp³-hybridized carbons (Fsp3) is 0.231. The minimum Gasteiger partial charge on any atom is -0.350 e. The van der Waals surface area contributed by atoms with Crippen LogP contribution >= 0.6 is 0 Å². The van der Waals surface area contributed by atoms with E-state index in [1.54, 1.807) is 0 Å². The molecule has 0 heterocycles. The van der Waals surface area contributed by atoms with Crippen LogP contribution in [0.4, 0.5) is 4.79 Å². The second-order valence-electron chi connectivity index (χ2n) is 3.57. The van der Waals surface area contributed by atoms with Gasteiger partial charge in [-0.05, 0) is 18.1 Å². The lowest BCUT2D eigenvalue weighted by molar-refractivity contribution is 0.249. The summed E-state index contributed by atoms with van der Waals surface area (Å²) >= 11 is 0. The van der Waals surface area contributed by atoms with E-state index < -0.39 is 6.03 Å². The highest BCUT2D eigenvalue weighted by Gasteiger charge is 1.94. The largest absolute Gasteiger partial charge is 0.350 e. The van der Waals surface area contributed by atoms with Crippen molar-refractivity contribution in [3.63, 3.8) is 0 Å². The summed E-state index contributed by atoms with van der Waals surface area (Å²) in [5, 5.41) is 3.93. The molecule has 4 heteroatoms. The Labute approximate surface area is 101 Å². The van der Waals surface area contributed by atoms with Crippen molar-refractivity contribution in [3.8, 4) is 0 Å². The van der Waals surface area contributed by atoms with Crippen LogP contribution in [-0.4, -0.2) is 11.7 Å². The Morgan fingerprint density at radius 3 is 2.71 bits per heavy atom. The van der Waals surface area contributed by atoms with Gasteiger partial charge in [-0.3, -0.25) is 0 Å². The molecule has 3 N–H and O–H groups in total. The van der Waals surface area contributed by atoms with Crippen LogP contribution in [0.1, 0.15) is 25.3 Å². The lowest BCUT2D eigenvalue weighted by atomic mass is 10.1. The Morgan fingerprint density at radius 1 is 1.41 bits per heavy atom. The molecule has 0 unspecified atom stereocenters. The lowest BCUT2D eigenvalue weighted by Gasteiger charge is -1.99. The molecule has 17 heavy (non-hydrogen) atoms. The van der Waals surface area contributed by atoms with E-state index in [9.17, 15) is 4.79 Å². The van der Waals surface area contributed by atoms with Gasteiger partial charge in [0.1, 0.15) is 0 Å². The Bertz CT molecular complexity index is 410. The number of primary amides is 1. The van der Waals surface area contributed by atoms with Crippen LogP contribution in [0.2, 0.25) is 0 Å². The molecular weight excluding hydrogens is 214 g/mol. The zero-order chi connectivity index (χ0) is 12.5. The van der Waals surface area contributed by atoms with E-state index in [1.807, 2.05) is 42.5 Å². The van der Waals surface area contributed by atoms with Crippen LogP contribution < -0.4 is 11.2 Å². The van der Waals surface area contributed by atoms with E-state index in [-0.39, 0.29) is 0 Å². The highest BCUT2D eigenvalue weighted by molar-refractivity contribution is 5.98. The fourth-order valence-corrected chi connectivity index (χ4v) is 1.32. The molecule has 0 aromatic heterocycles. The van der Waals surface area contributed by atoms with Crippen LogP contribution in [0, 0.1) is 0 Å². The maximum Gasteiger partial charge on any atom is 0.332 e. The Morgan fingerprint density at radius 2 is 2.12 bits per heavy atom. The van der Waals surface area contributed by atoms with Crippen molar-refractivity contribution < 1.29 is 4.79 Å². The molecule has 0 radical (unpaired) electrons. The van der Waals surface area contributed by atoms with Crippen molar-refractivity contribution in [1.82, 2.24) is 5.43 Å². The first-order chi connectivity index (χ1) is 8.22. The van der Waals surface area contributed by atoms with E-state index in [0.717, 1.165) is 24.1 Å². The number of urea groups is 1. The van der Waals surface area contributed by atoms with Crippen LogP contribution in [0.5, 0.6) is 0 Å². The monoisotopic (exact) mass is 231 g/mol. The summed E-state index contributed by atoms with van der Waals surface area (Å²) < 4.78 is 0. The molecule has 0 aliphatic heterocycles. The van der Waals surface area contributed by atoms with Crippen molar-refractivity contribution in [2.24, 2.45) is 10.8 Å². The number of rotatable bonds is 5. The molecular formula is C13H17N3O. The van der Waals surface area contributed by atoms with Gasteiger partial charge >= 0.3 is 6.03 Å². The van der Waals surface area contributed by atoms with E-state index in [1.165, 1.54) is 0 Å². The van der Waals surface area contributed by atoms with Gasteiger partial charge < -0.3 is 5.73 Å². The first-order valence-corrected chi connectivity index (χ1v) is 5.57. The fourth-order valence-electron chi connectivity index (χ4n) is 1.32. The van der Waals surface area contributed by atoms with Gasteiger partial charge in [-0.1, -0.05) is 49.8 Å². The number of nitrogens with two attached hydrogens (primary N) is 1. The predicted molar refractivity (Wildman–Crippen MR) is 70.5 cm³/mol. The molecule has 0 aliphatic carbocycles. The number of hydrazone groups is 1. The third-order valence-electron chi connectivity index (χ3n) is 2.08. The minimum absolute atomic E-state index is 0.647. The first kappa shape index (κ1) is 13.0. The Kier molecular flexibility index (Phi) is 5.51. The molecule has 0 spiro atoms. The van der Waals surface area contributed by atoms with Gasteiger partial charge in [-0.15, -0.1) is 0 Å². The number of allylic oxidation sites excluding steroid dienone is 1. The maximum atomic E-state index is 10.6. The van der Waals surface area contributed by atoms with Crippen molar-refractivity contribution in [1.29, 1.82) is 0 Å². The smallest absolute Gasteiger partial charge is 0.332 e. The molecule has 0 saturated carbocycles. The average Bonchev–Trinajstić information content (AvgIpc) is 2.34. The van der Waals surface area contributed by atoms with Crippen molar-refractivity contribution in [2.45, 2.75) is 19.8 Å². The molecule has 1 rings (SSSR count). The second kappa shape index (κ2) is 7.22. The molecule has 90 valence electrons. The van der Waals surface area contributed by atoms with E-state index >= 15 is 0 Å². The maximum absolute atomic E-state index is 10.6. The summed E-state index contributed by atoms with van der Waals surface area (Å²) in [5.74, 6) is 0. The number of hydrogen-bond donors (Lipinski definition) is 2. The molecule has 2 amide bonds. The molecule has 0 atom stereocenters. The average molecular weight is 231 g/mol. The van der Waals surface area contributed by atoms with Crippen LogP contribution in [-0.2, 0) is 0 Å². The minimum atomic E-state index is -0.647. The normalized spacial score (nSPS) is 11.7. The highest BCUT2D eigenvalue weighted by atomic mass is 16.2. The quantitative estimate of drug-likeness (QED) is 0.593. The zero-order valence-corrected chi connectivity index (χ0v) is 9.89. The molecule has 0 saturated heterocycles. The molecule has 0 fully saturated rings. The standard InChI is InChI=1S/C13H17N3O/c1-2-6-12(15-16-13(14)17)10-9-11-7-4-3-5-8-11/h3-5,7-10H,2,6H2,1H3,(H3,14,16,17)/b10-9+,15-12-. The van der Waals surface area contributed by atoms with E-state index in [0.29, 0.717) is 0 Å². The summed E-state index contributed by atoms with van der Waals surface area (Å²) in [6.45, 7) is 2.05. The Hall–Kier alpha value is -2.10. The summed E-state index contributed by atoms with van der Waals surface area (Å²) in [4.78, 5) is 10.6. The SMILES string of the molecule is CCCC(/C=C/c1ccccc1)=N/NC(N)=O. The van der Waals surface area contributed by atoms with Gasteiger partial charge in [-0.25, -0.2) is 10.2 Å². The molecule has 1 aromatic carbocycles. The van der Waals surface area contributed by atoms with E-state index in [4.69, 9.17) is 5.73 Å². The van der Waals surface area contributed by atoms with Gasteiger partial charge in [0.2, 0.25) is 0 Å². The third kappa shape index (κ3) is 5.51. The van der Waals surface area contributed by atoms with Crippen molar-refractivity contribution in [2.75, 3.05) is 0 Å². The zero-order valence-electron chi connectivity index (χ0n) is 9.89. The second-order valence-corrected chi connectivity index (χ2v) is 3.57. The van der Waals surface area contributed by atoms with Gasteiger partial charge in [-0.2, -0.15) is 5.10 Å². The highest BCUT2D eigenvalue weighted by Crippen LogP contribution is 2.03. The predicted octanol–water partition coefficient (Wildman–Crippen LogP) is 2.52.